The van der Waals surface area contributed by atoms with Crippen molar-refractivity contribution < 1.29 is 9.59 Å². The third-order valence-electron chi connectivity index (χ3n) is 5.35. The fourth-order valence-corrected chi connectivity index (χ4v) is 3.69. The van der Waals surface area contributed by atoms with Crippen LogP contribution in [0, 0.1) is 0 Å². The van der Waals surface area contributed by atoms with Gasteiger partial charge >= 0.3 is 0 Å². The lowest BCUT2D eigenvalue weighted by atomic mass is 9.80. The Balaban J connectivity index is 1.84. The predicted molar refractivity (Wildman–Crippen MR) is 87.6 cm³/mol. The highest BCUT2D eigenvalue weighted by molar-refractivity contribution is 5.84. The maximum absolute atomic E-state index is 12.3. The van der Waals surface area contributed by atoms with Crippen LogP contribution in [0.25, 0.3) is 0 Å². The lowest BCUT2D eigenvalue weighted by Crippen LogP contribution is -2.55. The maximum Gasteiger partial charge on any atom is 0.239 e. The van der Waals surface area contributed by atoms with Crippen LogP contribution in [0.3, 0.4) is 0 Å². The summed E-state index contributed by atoms with van der Waals surface area (Å²) in [5.74, 6) is 0.120. The van der Waals surface area contributed by atoms with Crippen LogP contribution >= 0.6 is 0 Å². The summed E-state index contributed by atoms with van der Waals surface area (Å²) in [6.07, 6.45) is 9.71. The number of carbonyl (C=O) groups is 2. The second kappa shape index (κ2) is 7.95. The van der Waals surface area contributed by atoms with Crippen LogP contribution in [0.2, 0.25) is 0 Å². The fourth-order valence-electron chi connectivity index (χ4n) is 3.69. The van der Waals surface area contributed by atoms with Gasteiger partial charge in [-0.1, -0.05) is 25.7 Å². The second-order valence-electron chi connectivity index (χ2n) is 7.08. The summed E-state index contributed by atoms with van der Waals surface area (Å²) < 4.78 is 0. The molecule has 22 heavy (non-hydrogen) atoms. The Morgan fingerprint density at radius 1 is 1.14 bits per heavy atom. The number of carbonyl (C=O) groups excluding carboxylic acids is 2. The van der Waals surface area contributed by atoms with Crippen LogP contribution in [0.5, 0.6) is 0 Å². The Morgan fingerprint density at radius 2 is 1.82 bits per heavy atom. The number of hydrogen-bond donors (Lipinski definition) is 1. The molecule has 0 radical (unpaired) electrons. The van der Waals surface area contributed by atoms with E-state index in [1.165, 1.54) is 19.3 Å². The molecule has 0 aromatic carbocycles. The van der Waals surface area contributed by atoms with E-state index in [9.17, 15) is 9.59 Å². The molecule has 0 unspecified atom stereocenters. The monoisotopic (exact) mass is 309 g/mol. The Morgan fingerprint density at radius 3 is 2.50 bits per heavy atom. The summed E-state index contributed by atoms with van der Waals surface area (Å²) in [7, 11) is 4.21. The molecule has 2 aliphatic rings. The minimum atomic E-state index is -0.0120. The lowest BCUT2D eigenvalue weighted by molar-refractivity contribution is -0.135. The number of likely N-dealkylation sites (N-methyl/N-ethyl adjacent to an activating group) is 1. The Hall–Kier alpha value is -1.10. The molecule has 2 amide bonds. The van der Waals surface area contributed by atoms with Crippen LogP contribution in [-0.4, -0.2) is 60.9 Å². The molecule has 1 saturated heterocycles. The van der Waals surface area contributed by atoms with E-state index in [2.05, 4.69) is 24.3 Å². The van der Waals surface area contributed by atoms with Gasteiger partial charge in [0, 0.05) is 25.0 Å². The summed E-state index contributed by atoms with van der Waals surface area (Å²) in [4.78, 5) is 28.2. The second-order valence-corrected chi connectivity index (χ2v) is 7.08. The van der Waals surface area contributed by atoms with Gasteiger partial charge in [0.25, 0.3) is 0 Å². The number of likely N-dealkylation sites (tertiary alicyclic amines) is 1. The van der Waals surface area contributed by atoms with Crippen molar-refractivity contribution in [2.24, 2.45) is 0 Å². The molecule has 0 aromatic rings. The first-order chi connectivity index (χ1) is 10.5. The van der Waals surface area contributed by atoms with Crippen molar-refractivity contribution in [3.05, 3.63) is 0 Å². The zero-order valence-electron chi connectivity index (χ0n) is 14.2. The number of nitrogens with zero attached hydrogens (tertiary/aromatic N) is 2. The van der Waals surface area contributed by atoms with Gasteiger partial charge in [-0.25, -0.2) is 0 Å². The van der Waals surface area contributed by atoms with Crippen molar-refractivity contribution in [3.8, 4) is 0 Å². The molecule has 5 nitrogen and oxygen atoms in total. The maximum atomic E-state index is 12.3. The van der Waals surface area contributed by atoms with Gasteiger partial charge in [0.15, 0.2) is 0 Å². The van der Waals surface area contributed by atoms with E-state index in [0.29, 0.717) is 13.0 Å². The molecule has 1 aliphatic heterocycles. The molecule has 5 heteroatoms. The van der Waals surface area contributed by atoms with Crippen LogP contribution < -0.4 is 5.32 Å². The van der Waals surface area contributed by atoms with E-state index in [1.807, 2.05) is 0 Å². The first kappa shape index (κ1) is 17.3. The Labute approximate surface area is 134 Å². The van der Waals surface area contributed by atoms with Crippen molar-refractivity contribution in [1.82, 2.24) is 15.1 Å². The number of hydrogen-bond acceptors (Lipinski definition) is 3. The van der Waals surface area contributed by atoms with Crippen molar-refractivity contribution >= 4 is 11.8 Å². The highest BCUT2D eigenvalue weighted by Gasteiger charge is 2.34. The van der Waals surface area contributed by atoms with Crippen LogP contribution in [-0.2, 0) is 9.59 Å². The van der Waals surface area contributed by atoms with Crippen molar-refractivity contribution in [2.75, 3.05) is 33.7 Å². The first-order valence-corrected chi connectivity index (χ1v) is 8.75. The number of amides is 2. The molecule has 1 N–H and O–H groups in total. The van der Waals surface area contributed by atoms with E-state index in [-0.39, 0.29) is 23.9 Å². The lowest BCUT2D eigenvalue weighted by Gasteiger charge is -2.43. The molecular weight excluding hydrogens is 278 g/mol. The normalized spacial score (nSPS) is 22.5. The third kappa shape index (κ3) is 4.45. The molecule has 126 valence electrons. The summed E-state index contributed by atoms with van der Waals surface area (Å²) in [6.45, 7) is 1.65. The summed E-state index contributed by atoms with van der Waals surface area (Å²) in [6, 6.07) is 0. The number of nitrogens with one attached hydrogen (secondary N) is 1. The summed E-state index contributed by atoms with van der Waals surface area (Å²) in [5.41, 5.74) is 0.0940. The third-order valence-corrected chi connectivity index (χ3v) is 5.35. The molecule has 2 rings (SSSR count). The van der Waals surface area contributed by atoms with Crippen molar-refractivity contribution in [3.63, 3.8) is 0 Å². The van der Waals surface area contributed by atoms with Gasteiger partial charge in [-0.15, -0.1) is 0 Å². The van der Waals surface area contributed by atoms with Crippen LogP contribution in [0.4, 0.5) is 0 Å². The molecule has 0 atom stereocenters. The summed E-state index contributed by atoms with van der Waals surface area (Å²) in [5, 5.41) is 3.09. The Kier molecular flexibility index (Phi) is 6.24. The van der Waals surface area contributed by atoms with Crippen molar-refractivity contribution in [2.45, 2.75) is 63.3 Å². The van der Waals surface area contributed by atoms with E-state index in [0.717, 1.165) is 38.6 Å². The molecule has 0 bridgehead atoms. The minimum absolute atomic E-state index is 0.0120. The first-order valence-electron chi connectivity index (χ1n) is 8.75. The van der Waals surface area contributed by atoms with Gasteiger partial charge in [0.2, 0.25) is 11.8 Å². The quantitative estimate of drug-likeness (QED) is 0.842. The van der Waals surface area contributed by atoms with E-state index in [4.69, 9.17) is 0 Å². The van der Waals surface area contributed by atoms with E-state index >= 15 is 0 Å². The topological polar surface area (TPSA) is 52.7 Å². The predicted octanol–water partition coefficient (Wildman–Crippen LogP) is 1.77. The summed E-state index contributed by atoms with van der Waals surface area (Å²) >= 11 is 0. The van der Waals surface area contributed by atoms with Crippen molar-refractivity contribution in [1.29, 1.82) is 0 Å². The average Bonchev–Trinajstić information content (AvgIpc) is 2.71. The molecule has 1 aliphatic carbocycles. The molecule has 1 saturated carbocycles. The van der Waals surface area contributed by atoms with Crippen LogP contribution in [0.15, 0.2) is 0 Å². The Bertz CT molecular complexity index is 389. The van der Waals surface area contributed by atoms with Gasteiger partial charge in [-0.05, 0) is 39.8 Å². The standard InChI is InChI=1S/C17H31N3O2/c1-19(2)17(10-6-4-7-11-17)14-18-15(21)13-20-12-8-3-5-9-16(20)22/h3-14H2,1-2H3,(H,18,21). The zero-order valence-corrected chi connectivity index (χ0v) is 14.2. The molecule has 0 spiro atoms. The van der Waals surface area contributed by atoms with Gasteiger partial charge in [0.05, 0.1) is 6.54 Å². The minimum Gasteiger partial charge on any atom is -0.353 e. The molecule has 0 aromatic heterocycles. The highest BCUT2D eigenvalue weighted by atomic mass is 16.2. The molecular formula is C17H31N3O2. The largest absolute Gasteiger partial charge is 0.353 e. The fraction of sp³-hybridized carbons (Fsp3) is 0.882. The van der Waals surface area contributed by atoms with Gasteiger partial charge in [-0.2, -0.15) is 0 Å². The smallest absolute Gasteiger partial charge is 0.239 e. The van der Waals surface area contributed by atoms with Gasteiger partial charge in [-0.3, -0.25) is 9.59 Å². The average molecular weight is 309 g/mol. The highest BCUT2D eigenvalue weighted by Crippen LogP contribution is 2.31. The van der Waals surface area contributed by atoms with Gasteiger partial charge in [0.1, 0.15) is 0 Å². The SMILES string of the molecule is CN(C)C1(CNC(=O)CN2CCCCCC2=O)CCCCC1. The number of rotatable bonds is 5. The van der Waals surface area contributed by atoms with E-state index in [1.54, 1.807) is 4.90 Å². The molecule has 2 fully saturated rings. The van der Waals surface area contributed by atoms with E-state index < -0.39 is 0 Å². The molecule has 1 heterocycles. The zero-order chi connectivity index (χ0) is 16.0. The van der Waals surface area contributed by atoms with Crippen LogP contribution in [0.1, 0.15) is 57.8 Å². The van der Waals surface area contributed by atoms with Gasteiger partial charge < -0.3 is 15.1 Å².